The quantitative estimate of drug-likeness (QED) is 0.848. The lowest BCUT2D eigenvalue weighted by Crippen LogP contribution is -2.44. The van der Waals surface area contributed by atoms with E-state index in [1.165, 1.54) is 11.9 Å². The van der Waals surface area contributed by atoms with Crippen LogP contribution in [0.15, 0.2) is 23.2 Å². The number of hydrogen-bond acceptors (Lipinski definition) is 3. The minimum Gasteiger partial charge on any atom is -0.332 e. The zero-order valence-electron chi connectivity index (χ0n) is 11.2. The normalized spacial score (nSPS) is 11.6. The van der Waals surface area contributed by atoms with Gasteiger partial charge < -0.3 is 10.2 Å². The number of rotatable bonds is 5. The number of likely N-dealkylation sites (N-methyl/N-ethyl adjacent to an activating group) is 1. The van der Waals surface area contributed by atoms with Crippen molar-refractivity contribution in [3.05, 3.63) is 28.2 Å². The van der Waals surface area contributed by atoms with Crippen molar-refractivity contribution in [2.75, 3.05) is 18.9 Å². The maximum absolute atomic E-state index is 12.0. The van der Waals surface area contributed by atoms with Crippen LogP contribution in [0.5, 0.6) is 0 Å². The predicted octanol–water partition coefficient (Wildman–Crippen LogP) is 2.48. The highest BCUT2D eigenvalue weighted by molar-refractivity contribution is 6.35. The lowest BCUT2D eigenvalue weighted by Gasteiger charge is -2.23. The Morgan fingerprint density at radius 1 is 1.35 bits per heavy atom. The minimum atomic E-state index is -0.651. The van der Waals surface area contributed by atoms with Gasteiger partial charge in [-0.15, -0.1) is 0 Å². The standard InChI is InChI=1S/C13H15Cl2N3O2/c1-8(18(3)12(19)7-16-2)13(20)17-11-5-9(14)4-10(15)6-11/h4-6,8H,2,7H2,1,3H3,(H,17,20). The SMILES string of the molecule is C=NCC(=O)N(C)C(C)C(=O)Nc1cc(Cl)cc(Cl)c1. The molecule has 108 valence electrons. The van der Waals surface area contributed by atoms with Crippen LogP contribution in [0, 0.1) is 0 Å². The molecule has 0 aliphatic heterocycles. The highest BCUT2D eigenvalue weighted by Gasteiger charge is 2.22. The third kappa shape index (κ3) is 4.51. The lowest BCUT2D eigenvalue weighted by molar-refractivity contribution is -0.135. The molecule has 1 unspecified atom stereocenters. The molecular formula is C13H15Cl2N3O2. The summed E-state index contributed by atoms with van der Waals surface area (Å²) in [5, 5.41) is 3.49. The fourth-order valence-electron chi connectivity index (χ4n) is 1.47. The molecule has 1 rings (SSSR count). The van der Waals surface area contributed by atoms with Crippen LogP contribution in [0.3, 0.4) is 0 Å². The summed E-state index contributed by atoms with van der Waals surface area (Å²) >= 11 is 11.7. The van der Waals surface area contributed by atoms with Gasteiger partial charge >= 0.3 is 0 Å². The fraction of sp³-hybridized carbons (Fsp3) is 0.308. The van der Waals surface area contributed by atoms with Crippen LogP contribution >= 0.6 is 23.2 Å². The van der Waals surface area contributed by atoms with Crippen molar-refractivity contribution in [1.29, 1.82) is 0 Å². The van der Waals surface area contributed by atoms with E-state index in [0.29, 0.717) is 15.7 Å². The van der Waals surface area contributed by atoms with Crippen LogP contribution < -0.4 is 5.32 Å². The van der Waals surface area contributed by atoms with Crippen molar-refractivity contribution in [2.24, 2.45) is 4.99 Å². The van der Waals surface area contributed by atoms with Crippen molar-refractivity contribution < 1.29 is 9.59 Å². The van der Waals surface area contributed by atoms with E-state index in [2.05, 4.69) is 17.0 Å². The first-order valence-electron chi connectivity index (χ1n) is 5.80. The van der Waals surface area contributed by atoms with Crippen LogP contribution in [-0.2, 0) is 9.59 Å². The molecule has 0 heterocycles. The van der Waals surface area contributed by atoms with Gasteiger partial charge in [0.05, 0.1) is 0 Å². The summed E-state index contributed by atoms with van der Waals surface area (Å²) in [7, 11) is 1.53. The Labute approximate surface area is 127 Å². The molecule has 2 amide bonds. The van der Waals surface area contributed by atoms with Gasteiger partial charge in [-0.1, -0.05) is 23.2 Å². The number of carbonyl (C=O) groups excluding carboxylic acids is 2. The summed E-state index contributed by atoms with van der Waals surface area (Å²) in [5.41, 5.74) is 0.474. The van der Waals surface area contributed by atoms with E-state index in [1.807, 2.05) is 0 Å². The van der Waals surface area contributed by atoms with Gasteiger partial charge in [0.25, 0.3) is 0 Å². The largest absolute Gasteiger partial charge is 0.332 e. The molecule has 1 aromatic carbocycles. The van der Waals surface area contributed by atoms with E-state index in [1.54, 1.807) is 25.1 Å². The summed E-state index contributed by atoms with van der Waals surface area (Å²) in [6, 6.07) is 4.06. The van der Waals surface area contributed by atoms with Gasteiger partial charge in [-0.3, -0.25) is 14.6 Å². The third-order valence-electron chi connectivity index (χ3n) is 2.73. The molecule has 0 aliphatic carbocycles. The van der Waals surface area contributed by atoms with Gasteiger partial charge in [0.2, 0.25) is 11.8 Å². The average molecular weight is 316 g/mol. The average Bonchev–Trinajstić information content (AvgIpc) is 2.35. The van der Waals surface area contributed by atoms with Crippen molar-refractivity contribution in [2.45, 2.75) is 13.0 Å². The van der Waals surface area contributed by atoms with Gasteiger partial charge in [0.15, 0.2) is 0 Å². The van der Waals surface area contributed by atoms with Crippen LogP contribution in [-0.4, -0.2) is 43.1 Å². The Balaban J connectivity index is 2.74. The third-order valence-corrected chi connectivity index (χ3v) is 3.17. The van der Waals surface area contributed by atoms with Crippen LogP contribution in [0.1, 0.15) is 6.92 Å². The molecule has 20 heavy (non-hydrogen) atoms. The number of halogens is 2. The molecule has 0 saturated carbocycles. The zero-order valence-corrected chi connectivity index (χ0v) is 12.7. The second kappa shape index (κ2) is 7.26. The van der Waals surface area contributed by atoms with Gasteiger partial charge in [-0.25, -0.2) is 0 Å². The first kappa shape index (κ1) is 16.5. The maximum atomic E-state index is 12.0. The number of nitrogens with one attached hydrogen (secondary N) is 1. The number of amides is 2. The minimum absolute atomic E-state index is 0.0584. The van der Waals surface area contributed by atoms with Crippen molar-refractivity contribution in [3.63, 3.8) is 0 Å². The van der Waals surface area contributed by atoms with E-state index in [-0.39, 0.29) is 18.4 Å². The molecule has 7 heteroatoms. The van der Waals surface area contributed by atoms with Crippen molar-refractivity contribution in [1.82, 2.24) is 4.90 Å². The molecule has 1 N–H and O–H groups in total. The Kier molecular flexibility index (Phi) is 5.98. The number of hydrogen-bond donors (Lipinski definition) is 1. The summed E-state index contributed by atoms with van der Waals surface area (Å²) in [6.45, 7) is 4.80. The number of carbonyl (C=O) groups is 2. The van der Waals surface area contributed by atoms with Gasteiger partial charge in [-0.05, 0) is 31.8 Å². The second-order valence-electron chi connectivity index (χ2n) is 4.21. The number of aliphatic imine (C=N–C) groups is 1. The fourth-order valence-corrected chi connectivity index (χ4v) is 2.00. The number of anilines is 1. The topological polar surface area (TPSA) is 61.8 Å². The lowest BCUT2D eigenvalue weighted by atomic mass is 10.2. The molecule has 0 saturated heterocycles. The summed E-state index contributed by atoms with van der Waals surface area (Å²) in [6.07, 6.45) is 0. The predicted molar refractivity (Wildman–Crippen MR) is 81.7 cm³/mol. The van der Waals surface area contributed by atoms with Gasteiger partial charge in [0.1, 0.15) is 12.6 Å². The van der Waals surface area contributed by atoms with Crippen LogP contribution in [0.25, 0.3) is 0 Å². The molecular weight excluding hydrogens is 301 g/mol. The van der Waals surface area contributed by atoms with E-state index in [4.69, 9.17) is 23.2 Å². The Morgan fingerprint density at radius 3 is 2.40 bits per heavy atom. The number of nitrogens with zero attached hydrogens (tertiary/aromatic N) is 2. The summed E-state index contributed by atoms with van der Waals surface area (Å²) < 4.78 is 0. The first-order chi connectivity index (χ1) is 9.35. The monoisotopic (exact) mass is 315 g/mol. The molecule has 0 aromatic heterocycles. The van der Waals surface area contributed by atoms with E-state index in [9.17, 15) is 9.59 Å². The van der Waals surface area contributed by atoms with E-state index >= 15 is 0 Å². The van der Waals surface area contributed by atoms with Crippen LogP contribution in [0.4, 0.5) is 5.69 Å². The highest BCUT2D eigenvalue weighted by atomic mass is 35.5. The zero-order chi connectivity index (χ0) is 15.3. The first-order valence-corrected chi connectivity index (χ1v) is 6.56. The van der Waals surface area contributed by atoms with Crippen LogP contribution in [0.2, 0.25) is 10.0 Å². The number of benzene rings is 1. The molecule has 0 spiro atoms. The summed E-state index contributed by atoms with van der Waals surface area (Å²) in [5.74, 6) is -0.630. The Morgan fingerprint density at radius 2 is 1.90 bits per heavy atom. The molecule has 0 radical (unpaired) electrons. The molecule has 0 fully saturated rings. The van der Waals surface area contributed by atoms with Crippen molar-refractivity contribution in [3.8, 4) is 0 Å². The van der Waals surface area contributed by atoms with E-state index in [0.717, 1.165) is 0 Å². The van der Waals surface area contributed by atoms with Gasteiger partial charge in [0, 0.05) is 22.8 Å². The molecule has 5 nitrogen and oxygen atoms in total. The summed E-state index contributed by atoms with van der Waals surface area (Å²) in [4.78, 5) is 28.5. The molecule has 0 aliphatic rings. The molecule has 1 aromatic rings. The van der Waals surface area contributed by atoms with E-state index < -0.39 is 6.04 Å². The smallest absolute Gasteiger partial charge is 0.246 e. The van der Waals surface area contributed by atoms with Gasteiger partial charge in [-0.2, -0.15) is 0 Å². The Bertz CT molecular complexity index is 514. The maximum Gasteiger partial charge on any atom is 0.246 e. The molecule has 0 bridgehead atoms. The second-order valence-corrected chi connectivity index (χ2v) is 5.08. The molecule has 1 atom stereocenters. The Hall–Kier alpha value is -1.59. The highest BCUT2D eigenvalue weighted by Crippen LogP contribution is 2.22. The van der Waals surface area contributed by atoms with Crippen molar-refractivity contribution >= 4 is 47.4 Å².